The third-order valence-corrected chi connectivity index (χ3v) is 6.39. The third-order valence-electron chi connectivity index (χ3n) is 4.71. The lowest BCUT2D eigenvalue weighted by molar-refractivity contribution is 0.0623. The molecule has 1 amide bonds. The number of carbonyl (C=O) groups excluding carboxylic acids is 1. The van der Waals surface area contributed by atoms with Gasteiger partial charge in [0.05, 0.1) is 5.02 Å². The van der Waals surface area contributed by atoms with Gasteiger partial charge in [-0.3, -0.25) is 4.79 Å². The molecule has 5 heteroatoms. The van der Waals surface area contributed by atoms with E-state index in [1.807, 2.05) is 24.3 Å². The predicted molar refractivity (Wildman–Crippen MR) is 87.3 cm³/mol. The fourth-order valence-electron chi connectivity index (χ4n) is 3.52. The van der Waals surface area contributed by atoms with Crippen molar-refractivity contribution in [2.75, 3.05) is 19.6 Å². The number of nitrogens with zero attached hydrogens (tertiary/aromatic N) is 1. The van der Waals surface area contributed by atoms with Gasteiger partial charge in [0.15, 0.2) is 0 Å². The van der Waals surface area contributed by atoms with Crippen molar-refractivity contribution in [3.05, 3.63) is 34.2 Å². The molecule has 110 valence electrons. The third kappa shape index (κ3) is 2.35. The molecule has 0 spiro atoms. The smallest absolute Gasteiger partial charge is 0.263 e. The van der Waals surface area contributed by atoms with Gasteiger partial charge in [0.25, 0.3) is 5.91 Å². The number of halogens is 1. The lowest BCUT2D eigenvalue weighted by atomic mass is 9.84. The van der Waals surface area contributed by atoms with Crippen molar-refractivity contribution >= 4 is 38.9 Å². The molecule has 4 heterocycles. The van der Waals surface area contributed by atoms with Gasteiger partial charge in [-0.1, -0.05) is 29.8 Å². The van der Waals surface area contributed by atoms with Crippen molar-refractivity contribution in [3.8, 4) is 0 Å². The Hall–Kier alpha value is -1.10. The summed E-state index contributed by atoms with van der Waals surface area (Å²) in [4.78, 5) is 15.7. The highest BCUT2D eigenvalue weighted by Gasteiger charge is 2.35. The number of piperidine rings is 3. The van der Waals surface area contributed by atoms with Gasteiger partial charge >= 0.3 is 0 Å². The molecule has 5 rings (SSSR count). The van der Waals surface area contributed by atoms with Crippen molar-refractivity contribution in [2.24, 2.45) is 5.92 Å². The van der Waals surface area contributed by atoms with Gasteiger partial charge in [-0.2, -0.15) is 0 Å². The van der Waals surface area contributed by atoms with Gasteiger partial charge in [0.2, 0.25) is 0 Å². The quantitative estimate of drug-likeness (QED) is 0.920. The van der Waals surface area contributed by atoms with Crippen LogP contribution in [0.25, 0.3) is 10.1 Å². The standard InChI is InChI=1S/C16H17ClN2OS/c17-14-11-3-1-2-4-13(11)21-15(14)16(20)18-12-9-19-7-5-10(12)6-8-19/h1-4,10,12H,5-9H2,(H,18,20)/t12-/m0/s1. The van der Waals surface area contributed by atoms with Crippen molar-refractivity contribution < 1.29 is 4.79 Å². The van der Waals surface area contributed by atoms with Gasteiger partial charge in [-0.25, -0.2) is 0 Å². The van der Waals surface area contributed by atoms with Gasteiger partial charge in [-0.05, 0) is 37.9 Å². The molecule has 1 aromatic heterocycles. The summed E-state index contributed by atoms with van der Waals surface area (Å²) >= 11 is 7.87. The van der Waals surface area contributed by atoms with E-state index < -0.39 is 0 Å². The molecule has 1 atom stereocenters. The number of fused-ring (bicyclic) bond motifs is 4. The van der Waals surface area contributed by atoms with Crippen LogP contribution in [-0.2, 0) is 0 Å². The first-order valence-electron chi connectivity index (χ1n) is 7.42. The second kappa shape index (κ2) is 5.27. The topological polar surface area (TPSA) is 32.3 Å². The van der Waals surface area contributed by atoms with Crippen molar-refractivity contribution in [1.29, 1.82) is 0 Å². The van der Waals surface area contributed by atoms with E-state index in [0.717, 1.165) is 16.6 Å². The number of nitrogens with one attached hydrogen (secondary N) is 1. The fourth-order valence-corrected chi connectivity index (χ4v) is 4.94. The summed E-state index contributed by atoms with van der Waals surface area (Å²) in [6.07, 6.45) is 2.40. The van der Waals surface area contributed by atoms with E-state index in [2.05, 4.69) is 10.2 Å². The highest BCUT2D eigenvalue weighted by Crippen LogP contribution is 2.35. The predicted octanol–water partition coefficient (Wildman–Crippen LogP) is 3.38. The zero-order chi connectivity index (χ0) is 14.4. The van der Waals surface area contributed by atoms with Crippen LogP contribution in [0, 0.1) is 5.92 Å². The van der Waals surface area contributed by atoms with Gasteiger partial charge in [-0.15, -0.1) is 11.3 Å². The second-order valence-corrected chi connectivity index (χ2v) is 7.39. The summed E-state index contributed by atoms with van der Waals surface area (Å²) in [5, 5.41) is 4.78. The zero-order valence-electron chi connectivity index (χ0n) is 11.6. The number of amides is 1. The molecule has 2 bridgehead atoms. The van der Waals surface area contributed by atoms with Crippen LogP contribution in [0.1, 0.15) is 22.5 Å². The number of thiophene rings is 1. The first kappa shape index (κ1) is 13.6. The monoisotopic (exact) mass is 320 g/mol. The van der Waals surface area contributed by atoms with Gasteiger partial charge in [0.1, 0.15) is 4.88 Å². The summed E-state index contributed by atoms with van der Waals surface area (Å²) in [5.74, 6) is 0.618. The molecule has 1 aromatic carbocycles. The lowest BCUT2D eigenvalue weighted by Crippen LogP contribution is -2.57. The SMILES string of the molecule is O=C(N[C@H]1CN2CCC1CC2)c1sc2ccccc2c1Cl. The van der Waals surface area contributed by atoms with Crippen LogP contribution < -0.4 is 5.32 Å². The number of hydrogen-bond donors (Lipinski definition) is 1. The van der Waals surface area contributed by atoms with Crippen LogP contribution in [0.4, 0.5) is 0 Å². The molecule has 0 saturated carbocycles. The summed E-state index contributed by atoms with van der Waals surface area (Å²) in [6, 6.07) is 8.19. The number of hydrogen-bond acceptors (Lipinski definition) is 3. The highest BCUT2D eigenvalue weighted by atomic mass is 35.5. The molecule has 21 heavy (non-hydrogen) atoms. The van der Waals surface area contributed by atoms with E-state index >= 15 is 0 Å². The minimum absolute atomic E-state index is 0.0139. The van der Waals surface area contributed by atoms with Crippen molar-refractivity contribution in [1.82, 2.24) is 10.2 Å². The van der Waals surface area contributed by atoms with Gasteiger partial charge in [0, 0.05) is 22.7 Å². The lowest BCUT2D eigenvalue weighted by Gasteiger charge is -2.44. The molecule has 3 fully saturated rings. The van der Waals surface area contributed by atoms with Crippen LogP contribution in [-0.4, -0.2) is 36.5 Å². The minimum Gasteiger partial charge on any atom is -0.347 e. The van der Waals surface area contributed by atoms with Crippen LogP contribution in [0.2, 0.25) is 5.02 Å². The average molecular weight is 321 g/mol. The summed E-state index contributed by atoms with van der Waals surface area (Å²) in [5.41, 5.74) is 0. The first-order chi connectivity index (χ1) is 10.2. The molecule has 0 aliphatic carbocycles. The largest absolute Gasteiger partial charge is 0.347 e. The van der Waals surface area contributed by atoms with E-state index in [0.29, 0.717) is 15.8 Å². The van der Waals surface area contributed by atoms with Crippen molar-refractivity contribution in [2.45, 2.75) is 18.9 Å². The van der Waals surface area contributed by atoms with E-state index in [1.165, 1.54) is 37.3 Å². The van der Waals surface area contributed by atoms with Crippen molar-refractivity contribution in [3.63, 3.8) is 0 Å². The first-order valence-corrected chi connectivity index (χ1v) is 8.62. The molecule has 2 aromatic rings. The van der Waals surface area contributed by atoms with Crippen LogP contribution in [0.15, 0.2) is 24.3 Å². The van der Waals surface area contributed by atoms with Crippen LogP contribution in [0.5, 0.6) is 0 Å². The number of benzene rings is 1. The Labute approximate surface area is 132 Å². The maximum Gasteiger partial charge on any atom is 0.263 e. The summed E-state index contributed by atoms with van der Waals surface area (Å²) in [7, 11) is 0. The average Bonchev–Trinajstić information content (AvgIpc) is 2.86. The van der Waals surface area contributed by atoms with Gasteiger partial charge < -0.3 is 10.2 Å². The molecule has 3 saturated heterocycles. The van der Waals surface area contributed by atoms with Crippen LogP contribution in [0.3, 0.4) is 0 Å². The molecular weight excluding hydrogens is 304 g/mol. The van der Waals surface area contributed by atoms with E-state index in [-0.39, 0.29) is 11.9 Å². The molecule has 1 N–H and O–H groups in total. The Balaban J connectivity index is 1.58. The molecule has 0 radical (unpaired) electrons. The number of rotatable bonds is 2. The minimum atomic E-state index is -0.0139. The Kier molecular flexibility index (Phi) is 3.40. The second-order valence-electron chi connectivity index (χ2n) is 5.96. The number of carbonyl (C=O) groups is 1. The van der Waals surface area contributed by atoms with E-state index in [1.54, 1.807) is 0 Å². The summed E-state index contributed by atoms with van der Waals surface area (Å²) < 4.78 is 1.07. The normalized spacial score (nSPS) is 28.0. The maximum absolute atomic E-state index is 12.6. The van der Waals surface area contributed by atoms with E-state index in [4.69, 9.17) is 11.6 Å². The summed E-state index contributed by atoms with van der Waals surface area (Å²) in [6.45, 7) is 3.35. The molecular formula is C16H17ClN2OS. The fraction of sp³-hybridized carbons (Fsp3) is 0.438. The Morgan fingerprint density at radius 1 is 1.29 bits per heavy atom. The molecule has 0 unspecified atom stereocenters. The zero-order valence-corrected chi connectivity index (χ0v) is 13.2. The highest BCUT2D eigenvalue weighted by molar-refractivity contribution is 7.21. The molecule has 3 nitrogen and oxygen atoms in total. The van der Waals surface area contributed by atoms with E-state index in [9.17, 15) is 4.79 Å². The maximum atomic E-state index is 12.6. The Morgan fingerprint density at radius 2 is 2.05 bits per heavy atom. The van der Waals surface area contributed by atoms with Crippen LogP contribution >= 0.6 is 22.9 Å². The molecule has 3 aliphatic rings. The molecule has 3 aliphatic heterocycles. The Morgan fingerprint density at radius 3 is 2.71 bits per heavy atom. The Bertz CT molecular complexity index is 691.